The molecule has 1 aromatic heterocycles. The Morgan fingerprint density at radius 2 is 2.33 bits per heavy atom. The Bertz CT molecular complexity index is 327. The van der Waals surface area contributed by atoms with Crippen molar-refractivity contribution >= 4 is 5.97 Å². The van der Waals surface area contributed by atoms with Gasteiger partial charge in [-0.2, -0.15) is 0 Å². The van der Waals surface area contributed by atoms with Crippen LogP contribution in [0.2, 0.25) is 0 Å². The van der Waals surface area contributed by atoms with E-state index in [-0.39, 0.29) is 12.0 Å². The van der Waals surface area contributed by atoms with Crippen LogP contribution in [0.3, 0.4) is 0 Å². The molecule has 0 radical (unpaired) electrons. The third-order valence-corrected chi connectivity index (χ3v) is 2.58. The summed E-state index contributed by atoms with van der Waals surface area (Å²) >= 11 is 0. The number of nitrogens with zero attached hydrogens (tertiary/aromatic N) is 3. The summed E-state index contributed by atoms with van der Waals surface area (Å²) < 4.78 is 6.81. The van der Waals surface area contributed by atoms with Crippen molar-refractivity contribution in [3.63, 3.8) is 0 Å². The highest BCUT2D eigenvalue weighted by Gasteiger charge is 2.17. The van der Waals surface area contributed by atoms with E-state index in [2.05, 4.69) is 22.6 Å². The van der Waals surface area contributed by atoms with Crippen LogP contribution in [0, 0.1) is 0 Å². The van der Waals surface area contributed by atoms with E-state index >= 15 is 0 Å². The Morgan fingerprint density at radius 3 is 2.94 bits per heavy atom. The number of nitrogens with one attached hydrogen (secondary N) is 1. The molecule has 1 atom stereocenters. The fourth-order valence-corrected chi connectivity index (χ4v) is 1.70. The number of ether oxygens (including phenoxy) is 1. The van der Waals surface area contributed by atoms with E-state index in [1.807, 2.05) is 13.1 Å². The summed E-state index contributed by atoms with van der Waals surface area (Å²) in [6.07, 6.45) is 6.16. The summed E-state index contributed by atoms with van der Waals surface area (Å²) in [6, 6.07) is -0.189. The molecule has 0 aliphatic carbocycles. The van der Waals surface area contributed by atoms with Crippen LogP contribution in [0.15, 0.2) is 12.4 Å². The van der Waals surface area contributed by atoms with E-state index in [0.717, 1.165) is 32.4 Å². The molecule has 1 N–H and O–H groups in total. The molecule has 0 aromatic carbocycles. The van der Waals surface area contributed by atoms with Gasteiger partial charge in [-0.1, -0.05) is 18.6 Å². The second kappa shape index (κ2) is 8.63. The Morgan fingerprint density at radius 1 is 1.50 bits per heavy atom. The molecule has 0 aliphatic heterocycles. The fourth-order valence-electron chi connectivity index (χ4n) is 1.70. The van der Waals surface area contributed by atoms with Crippen molar-refractivity contribution in [2.45, 2.75) is 45.7 Å². The van der Waals surface area contributed by atoms with Gasteiger partial charge < -0.3 is 10.1 Å². The number of aryl methyl sites for hydroxylation is 1. The number of esters is 1. The molecule has 1 rings (SSSR count). The summed E-state index contributed by atoms with van der Waals surface area (Å²) in [4.78, 5) is 11.6. The SMILES string of the molecule is CCCC(NCCCn1ccnn1)C(=O)OCC. The predicted molar refractivity (Wildman–Crippen MR) is 68.0 cm³/mol. The smallest absolute Gasteiger partial charge is 0.323 e. The van der Waals surface area contributed by atoms with E-state index in [9.17, 15) is 4.79 Å². The highest BCUT2D eigenvalue weighted by molar-refractivity contribution is 5.75. The van der Waals surface area contributed by atoms with Crippen molar-refractivity contribution < 1.29 is 9.53 Å². The van der Waals surface area contributed by atoms with Gasteiger partial charge in [0.2, 0.25) is 0 Å². The zero-order valence-electron chi connectivity index (χ0n) is 11.1. The van der Waals surface area contributed by atoms with Gasteiger partial charge in [-0.15, -0.1) is 5.10 Å². The monoisotopic (exact) mass is 254 g/mol. The minimum Gasteiger partial charge on any atom is -0.465 e. The standard InChI is InChI=1S/C12H22N4O2/c1-3-6-11(12(17)18-4-2)13-7-5-9-16-10-8-14-15-16/h8,10-11,13H,3-7,9H2,1-2H3. The Hall–Kier alpha value is -1.43. The predicted octanol–water partition coefficient (Wildman–Crippen LogP) is 0.990. The van der Waals surface area contributed by atoms with Crippen molar-refractivity contribution in [3.8, 4) is 0 Å². The lowest BCUT2D eigenvalue weighted by Crippen LogP contribution is -2.38. The molecule has 0 saturated heterocycles. The fraction of sp³-hybridized carbons (Fsp3) is 0.750. The maximum absolute atomic E-state index is 11.6. The quantitative estimate of drug-likeness (QED) is 0.525. The molecule has 6 heteroatoms. The molecule has 0 spiro atoms. The first-order chi connectivity index (χ1) is 8.77. The van der Waals surface area contributed by atoms with Crippen LogP contribution in [-0.2, 0) is 16.1 Å². The molecule has 1 heterocycles. The molecule has 1 unspecified atom stereocenters. The van der Waals surface area contributed by atoms with Crippen LogP contribution in [0.4, 0.5) is 0 Å². The van der Waals surface area contributed by atoms with Crippen LogP contribution in [-0.4, -0.2) is 40.2 Å². The molecule has 0 fully saturated rings. The second-order valence-corrected chi connectivity index (χ2v) is 4.07. The zero-order chi connectivity index (χ0) is 13.2. The number of hydrogen-bond donors (Lipinski definition) is 1. The summed E-state index contributed by atoms with van der Waals surface area (Å²) in [6.45, 7) is 5.88. The van der Waals surface area contributed by atoms with Crippen molar-refractivity contribution in [2.75, 3.05) is 13.2 Å². The first-order valence-electron chi connectivity index (χ1n) is 6.52. The second-order valence-electron chi connectivity index (χ2n) is 4.07. The molecule has 6 nitrogen and oxygen atoms in total. The molecule has 1 aromatic rings. The topological polar surface area (TPSA) is 69.0 Å². The maximum atomic E-state index is 11.6. The van der Waals surface area contributed by atoms with Gasteiger partial charge in [0.05, 0.1) is 12.8 Å². The largest absolute Gasteiger partial charge is 0.465 e. The maximum Gasteiger partial charge on any atom is 0.323 e. The highest BCUT2D eigenvalue weighted by atomic mass is 16.5. The van der Waals surface area contributed by atoms with Crippen molar-refractivity contribution in [2.24, 2.45) is 0 Å². The minimum absolute atomic E-state index is 0.153. The van der Waals surface area contributed by atoms with Gasteiger partial charge in [-0.3, -0.25) is 9.48 Å². The average molecular weight is 254 g/mol. The van der Waals surface area contributed by atoms with E-state index in [0.29, 0.717) is 6.61 Å². The zero-order valence-corrected chi connectivity index (χ0v) is 11.1. The third kappa shape index (κ3) is 5.27. The van der Waals surface area contributed by atoms with Gasteiger partial charge in [0, 0.05) is 12.7 Å². The molecular weight excluding hydrogens is 232 g/mol. The van der Waals surface area contributed by atoms with E-state index < -0.39 is 0 Å². The van der Waals surface area contributed by atoms with Crippen LogP contribution >= 0.6 is 0 Å². The van der Waals surface area contributed by atoms with Gasteiger partial charge >= 0.3 is 5.97 Å². The molecule has 102 valence electrons. The highest BCUT2D eigenvalue weighted by Crippen LogP contribution is 2.00. The van der Waals surface area contributed by atoms with Gasteiger partial charge in [0.15, 0.2) is 0 Å². The number of aromatic nitrogens is 3. The van der Waals surface area contributed by atoms with Crippen molar-refractivity contribution in [1.82, 2.24) is 20.3 Å². The van der Waals surface area contributed by atoms with Gasteiger partial charge in [-0.25, -0.2) is 0 Å². The average Bonchev–Trinajstić information content (AvgIpc) is 2.86. The first-order valence-corrected chi connectivity index (χ1v) is 6.52. The minimum atomic E-state index is -0.189. The Balaban J connectivity index is 2.22. The molecule has 0 amide bonds. The molecule has 0 aliphatic rings. The Labute approximate surface area is 108 Å². The van der Waals surface area contributed by atoms with Crippen molar-refractivity contribution in [3.05, 3.63) is 12.4 Å². The van der Waals surface area contributed by atoms with Crippen LogP contribution < -0.4 is 5.32 Å². The van der Waals surface area contributed by atoms with Crippen LogP contribution in [0.25, 0.3) is 0 Å². The normalized spacial score (nSPS) is 12.3. The summed E-state index contributed by atoms with van der Waals surface area (Å²) in [5.74, 6) is -0.153. The number of carbonyl (C=O) groups is 1. The third-order valence-electron chi connectivity index (χ3n) is 2.58. The van der Waals surface area contributed by atoms with Crippen molar-refractivity contribution in [1.29, 1.82) is 0 Å². The number of rotatable bonds is 9. The first kappa shape index (κ1) is 14.6. The van der Waals surface area contributed by atoms with Crippen LogP contribution in [0.1, 0.15) is 33.1 Å². The Kier molecular flexibility index (Phi) is 7.01. The molecular formula is C12H22N4O2. The summed E-state index contributed by atoms with van der Waals surface area (Å²) in [5, 5.41) is 10.8. The van der Waals surface area contributed by atoms with Gasteiger partial charge in [0.25, 0.3) is 0 Å². The summed E-state index contributed by atoms with van der Waals surface area (Å²) in [5.41, 5.74) is 0. The lowest BCUT2D eigenvalue weighted by Gasteiger charge is -2.16. The lowest BCUT2D eigenvalue weighted by atomic mass is 10.1. The lowest BCUT2D eigenvalue weighted by molar-refractivity contribution is -0.145. The van der Waals surface area contributed by atoms with E-state index in [1.54, 1.807) is 10.9 Å². The van der Waals surface area contributed by atoms with E-state index in [4.69, 9.17) is 4.74 Å². The van der Waals surface area contributed by atoms with Gasteiger partial charge in [-0.05, 0) is 26.3 Å². The summed E-state index contributed by atoms with van der Waals surface area (Å²) in [7, 11) is 0. The number of carbonyl (C=O) groups excluding carboxylic acids is 1. The molecule has 18 heavy (non-hydrogen) atoms. The molecule has 0 saturated carbocycles. The number of hydrogen-bond acceptors (Lipinski definition) is 5. The molecule has 0 bridgehead atoms. The van der Waals surface area contributed by atoms with Crippen LogP contribution in [0.5, 0.6) is 0 Å². The van der Waals surface area contributed by atoms with Gasteiger partial charge in [0.1, 0.15) is 6.04 Å². The van der Waals surface area contributed by atoms with E-state index in [1.165, 1.54) is 0 Å².